The number of hydrogen-bond acceptors (Lipinski definition) is 3. The molecule has 1 aliphatic heterocycles. The van der Waals surface area contributed by atoms with Crippen molar-refractivity contribution in [3.8, 4) is 0 Å². The van der Waals surface area contributed by atoms with E-state index in [1.807, 2.05) is 17.0 Å². The maximum atomic E-state index is 12.9. The van der Waals surface area contributed by atoms with Crippen molar-refractivity contribution in [1.82, 2.24) is 9.88 Å². The molecule has 29 heavy (non-hydrogen) atoms. The van der Waals surface area contributed by atoms with Crippen molar-refractivity contribution in [2.24, 2.45) is 0 Å². The highest BCUT2D eigenvalue weighted by Crippen LogP contribution is 2.25. The molecule has 0 bridgehead atoms. The zero-order valence-electron chi connectivity index (χ0n) is 17.8. The van der Waals surface area contributed by atoms with E-state index in [0.29, 0.717) is 5.92 Å². The van der Waals surface area contributed by atoms with E-state index in [1.165, 1.54) is 22.1 Å². The number of anilines is 1. The minimum Gasteiger partial charge on any atom is -0.353 e. The molecule has 1 amide bonds. The molecule has 0 saturated carbocycles. The van der Waals surface area contributed by atoms with Crippen LogP contribution in [-0.2, 0) is 0 Å². The number of pyridine rings is 1. The molecule has 0 radical (unpaired) electrons. The highest BCUT2D eigenvalue weighted by atomic mass is 16.2. The molecular formula is C25H29N3O. The molecule has 0 unspecified atom stereocenters. The summed E-state index contributed by atoms with van der Waals surface area (Å²) in [5.74, 6) is 1.61. The van der Waals surface area contributed by atoms with Gasteiger partial charge >= 0.3 is 0 Å². The Kier molecular flexibility index (Phi) is 5.27. The Morgan fingerprint density at radius 2 is 1.62 bits per heavy atom. The molecule has 0 atom stereocenters. The molecule has 1 aliphatic rings. The first-order chi connectivity index (χ1) is 13.9. The SMILES string of the molecule is Cc1cc(N2CCN(C(=O)c3ccc(C(C)C)cc3)CC2)nc2c(C)cccc12. The fourth-order valence-corrected chi connectivity index (χ4v) is 4.04. The maximum absolute atomic E-state index is 12.9. The third-order valence-electron chi connectivity index (χ3n) is 5.95. The van der Waals surface area contributed by atoms with E-state index in [2.05, 4.69) is 69.0 Å². The van der Waals surface area contributed by atoms with E-state index >= 15 is 0 Å². The number of aromatic nitrogens is 1. The van der Waals surface area contributed by atoms with Crippen LogP contribution in [0.15, 0.2) is 48.5 Å². The molecular weight excluding hydrogens is 358 g/mol. The first kappa shape index (κ1) is 19.4. The van der Waals surface area contributed by atoms with Gasteiger partial charge in [0, 0.05) is 37.1 Å². The zero-order chi connectivity index (χ0) is 20.5. The van der Waals surface area contributed by atoms with Crippen molar-refractivity contribution in [2.75, 3.05) is 31.1 Å². The molecule has 4 rings (SSSR count). The molecule has 0 N–H and O–H groups in total. The van der Waals surface area contributed by atoms with Gasteiger partial charge in [-0.15, -0.1) is 0 Å². The lowest BCUT2D eigenvalue weighted by Gasteiger charge is -2.35. The Hall–Kier alpha value is -2.88. The van der Waals surface area contributed by atoms with Crippen molar-refractivity contribution in [2.45, 2.75) is 33.6 Å². The first-order valence-electron chi connectivity index (χ1n) is 10.4. The first-order valence-corrected chi connectivity index (χ1v) is 10.4. The van der Waals surface area contributed by atoms with Gasteiger partial charge in [-0.25, -0.2) is 4.98 Å². The summed E-state index contributed by atoms with van der Waals surface area (Å²) in [5.41, 5.74) is 5.56. The van der Waals surface area contributed by atoms with Crippen LogP contribution < -0.4 is 4.90 Å². The number of rotatable bonds is 3. The molecule has 1 aromatic heterocycles. The Bertz CT molecular complexity index is 1030. The van der Waals surface area contributed by atoms with E-state index < -0.39 is 0 Å². The molecule has 4 heteroatoms. The summed E-state index contributed by atoms with van der Waals surface area (Å²) in [6, 6.07) is 16.6. The highest BCUT2D eigenvalue weighted by molar-refractivity contribution is 5.94. The van der Waals surface area contributed by atoms with Gasteiger partial charge in [0.15, 0.2) is 0 Å². The van der Waals surface area contributed by atoms with E-state index in [-0.39, 0.29) is 5.91 Å². The second-order valence-electron chi connectivity index (χ2n) is 8.32. The fraction of sp³-hybridized carbons (Fsp3) is 0.360. The van der Waals surface area contributed by atoms with Gasteiger partial charge < -0.3 is 9.80 Å². The van der Waals surface area contributed by atoms with E-state index in [9.17, 15) is 4.79 Å². The molecule has 1 fully saturated rings. The van der Waals surface area contributed by atoms with Crippen molar-refractivity contribution < 1.29 is 4.79 Å². The number of carbonyl (C=O) groups is 1. The number of carbonyl (C=O) groups excluding carboxylic acids is 1. The van der Waals surface area contributed by atoms with Gasteiger partial charge in [0.1, 0.15) is 5.82 Å². The summed E-state index contributed by atoms with van der Waals surface area (Å²) in [5, 5.41) is 1.22. The number of piperazine rings is 1. The second-order valence-corrected chi connectivity index (χ2v) is 8.32. The minimum absolute atomic E-state index is 0.124. The summed E-state index contributed by atoms with van der Waals surface area (Å²) in [6.45, 7) is 11.6. The van der Waals surface area contributed by atoms with Gasteiger partial charge in [-0.2, -0.15) is 0 Å². The van der Waals surface area contributed by atoms with Gasteiger partial charge in [-0.1, -0.05) is 44.2 Å². The average molecular weight is 388 g/mol. The van der Waals surface area contributed by atoms with E-state index in [0.717, 1.165) is 43.1 Å². The second kappa shape index (κ2) is 7.86. The molecule has 0 spiro atoms. The number of benzene rings is 2. The number of hydrogen-bond donors (Lipinski definition) is 0. The van der Waals surface area contributed by atoms with Crippen molar-refractivity contribution >= 4 is 22.6 Å². The Morgan fingerprint density at radius 1 is 0.931 bits per heavy atom. The zero-order valence-corrected chi connectivity index (χ0v) is 17.8. The molecule has 0 aliphatic carbocycles. The normalized spacial score (nSPS) is 14.7. The van der Waals surface area contributed by atoms with Crippen molar-refractivity contribution in [1.29, 1.82) is 0 Å². The summed E-state index contributed by atoms with van der Waals surface area (Å²) in [4.78, 5) is 22.1. The van der Waals surface area contributed by atoms with Crippen molar-refractivity contribution in [3.63, 3.8) is 0 Å². The van der Waals surface area contributed by atoms with Crippen LogP contribution in [-0.4, -0.2) is 42.0 Å². The van der Waals surface area contributed by atoms with Crippen LogP contribution in [0.2, 0.25) is 0 Å². The third-order valence-corrected chi connectivity index (χ3v) is 5.95. The smallest absolute Gasteiger partial charge is 0.253 e. The van der Waals surface area contributed by atoms with E-state index in [1.54, 1.807) is 0 Å². The lowest BCUT2D eigenvalue weighted by Crippen LogP contribution is -2.49. The topological polar surface area (TPSA) is 36.4 Å². The van der Waals surface area contributed by atoms with Gasteiger partial charge in [-0.3, -0.25) is 4.79 Å². The fourth-order valence-electron chi connectivity index (χ4n) is 4.04. The monoisotopic (exact) mass is 387 g/mol. The molecule has 1 saturated heterocycles. The maximum Gasteiger partial charge on any atom is 0.253 e. The molecule has 2 heterocycles. The summed E-state index contributed by atoms with van der Waals surface area (Å²) < 4.78 is 0. The highest BCUT2D eigenvalue weighted by Gasteiger charge is 2.23. The standard InChI is InChI=1S/C25H29N3O/c1-17(2)20-8-10-21(11-9-20)25(29)28-14-12-27(13-15-28)23-16-19(4)22-7-5-6-18(3)24(22)26-23/h5-11,16-17H,12-15H2,1-4H3. The van der Waals surface area contributed by atoms with Crippen molar-refractivity contribution in [3.05, 3.63) is 70.8 Å². The van der Waals surface area contributed by atoms with Crippen LogP contribution in [0.4, 0.5) is 5.82 Å². The summed E-state index contributed by atoms with van der Waals surface area (Å²) in [7, 11) is 0. The number of para-hydroxylation sites is 1. The summed E-state index contributed by atoms with van der Waals surface area (Å²) >= 11 is 0. The number of nitrogens with zero attached hydrogens (tertiary/aromatic N) is 3. The van der Waals surface area contributed by atoms with Crippen LogP contribution in [0.5, 0.6) is 0 Å². The van der Waals surface area contributed by atoms with Crippen LogP contribution >= 0.6 is 0 Å². The predicted octanol–water partition coefficient (Wildman–Crippen LogP) is 4.94. The van der Waals surface area contributed by atoms with Gasteiger partial charge in [0.25, 0.3) is 5.91 Å². The summed E-state index contributed by atoms with van der Waals surface area (Å²) in [6.07, 6.45) is 0. The molecule has 150 valence electrons. The van der Waals surface area contributed by atoms with Crippen LogP contribution in [0, 0.1) is 13.8 Å². The third kappa shape index (κ3) is 3.84. The van der Waals surface area contributed by atoms with Gasteiger partial charge in [0.05, 0.1) is 5.52 Å². The lowest BCUT2D eigenvalue weighted by atomic mass is 10.0. The van der Waals surface area contributed by atoms with Crippen LogP contribution in [0.1, 0.15) is 46.8 Å². The Balaban J connectivity index is 1.47. The van der Waals surface area contributed by atoms with Gasteiger partial charge in [-0.05, 0) is 54.7 Å². The Morgan fingerprint density at radius 3 is 2.28 bits per heavy atom. The van der Waals surface area contributed by atoms with Crippen LogP contribution in [0.25, 0.3) is 10.9 Å². The number of amides is 1. The largest absolute Gasteiger partial charge is 0.353 e. The van der Waals surface area contributed by atoms with Crippen LogP contribution in [0.3, 0.4) is 0 Å². The molecule has 4 nitrogen and oxygen atoms in total. The number of aryl methyl sites for hydroxylation is 2. The quantitative estimate of drug-likeness (QED) is 0.639. The number of fused-ring (bicyclic) bond motifs is 1. The van der Waals surface area contributed by atoms with Gasteiger partial charge in [0.2, 0.25) is 0 Å². The lowest BCUT2D eigenvalue weighted by molar-refractivity contribution is 0.0746. The molecule has 3 aromatic rings. The predicted molar refractivity (Wildman–Crippen MR) is 120 cm³/mol. The Labute approximate surface area is 173 Å². The minimum atomic E-state index is 0.124. The van der Waals surface area contributed by atoms with E-state index in [4.69, 9.17) is 4.98 Å². The molecule has 2 aromatic carbocycles. The average Bonchev–Trinajstić information content (AvgIpc) is 2.74.